The van der Waals surface area contributed by atoms with E-state index < -0.39 is 48.4 Å². The average molecular weight is 398 g/mol. The molecule has 144 valence electrons. The molecule has 2 N–H and O–H groups in total. The Bertz CT molecular complexity index is 946. The number of carbonyl (C=O) groups is 3. The molecule has 27 heavy (non-hydrogen) atoms. The average Bonchev–Trinajstić information content (AvgIpc) is 2.63. The second kappa shape index (κ2) is 8.72. The number of carboxylic acid groups (broad SMARTS) is 1. The first-order valence-electron chi connectivity index (χ1n) is 8.05. The molecular formula is C17H17ClFN3O5. The summed E-state index contributed by atoms with van der Waals surface area (Å²) in [6.07, 6.45) is 0.587. The molecule has 0 aliphatic heterocycles. The van der Waals surface area contributed by atoms with Crippen LogP contribution < -0.4 is 10.9 Å². The smallest absolute Gasteiger partial charge is 0.305 e. The van der Waals surface area contributed by atoms with Crippen LogP contribution in [0.5, 0.6) is 0 Å². The zero-order chi connectivity index (χ0) is 20.1. The van der Waals surface area contributed by atoms with Crippen molar-refractivity contribution in [2.24, 2.45) is 0 Å². The Labute approximate surface area is 158 Å². The van der Waals surface area contributed by atoms with E-state index >= 15 is 0 Å². The lowest BCUT2D eigenvalue weighted by atomic mass is 10.1. The SMILES string of the molecule is CC[C@@H](C(=O)NC(CC(=O)O)C(=O)CF)n1cnc2ccc(Cl)cc2c1=O. The highest BCUT2D eigenvalue weighted by molar-refractivity contribution is 6.31. The monoisotopic (exact) mass is 397 g/mol. The van der Waals surface area contributed by atoms with Crippen LogP contribution in [0.3, 0.4) is 0 Å². The van der Waals surface area contributed by atoms with Crippen LogP contribution in [0.15, 0.2) is 29.3 Å². The third-order valence-corrected chi connectivity index (χ3v) is 4.22. The minimum Gasteiger partial charge on any atom is -0.481 e. The normalized spacial score (nSPS) is 13.1. The number of ketones is 1. The van der Waals surface area contributed by atoms with Crippen molar-refractivity contribution >= 4 is 40.2 Å². The van der Waals surface area contributed by atoms with Gasteiger partial charge in [-0.25, -0.2) is 9.37 Å². The van der Waals surface area contributed by atoms with Crippen LogP contribution in [0, 0.1) is 0 Å². The fraction of sp³-hybridized carbons (Fsp3) is 0.353. The van der Waals surface area contributed by atoms with Gasteiger partial charge in [0.15, 0.2) is 5.78 Å². The minimum absolute atomic E-state index is 0.156. The molecule has 0 saturated heterocycles. The third-order valence-electron chi connectivity index (χ3n) is 3.99. The first-order valence-corrected chi connectivity index (χ1v) is 8.43. The van der Waals surface area contributed by atoms with Gasteiger partial charge in [0.1, 0.15) is 18.8 Å². The molecule has 2 aromatic rings. The Kier molecular flexibility index (Phi) is 6.62. The maximum absolute atomic E-state index is 12.7. The van der Waals surface area contributed by atoms with Crippen molar-refractivity contribution < 1.29 is 23.9 Å². The second-order valence-electron chi connectivity index (χ2n) is 5.80. The summed E-state index contributed by atoms with van der Waals surface area (Å²) in [6, 6.07) is 1.98. The molecule has 2 atom stereocenters. The third kappa shape index (κ3) is 4.68. The van der Waals surface area contributed by atoms with Gasteiger partial charge >= 0.3 is 5.97 Å². The Morgan fingerprint density at radius 3 is 2.67 bits per heavy atom. The second-order valence-corrected chi connectivity index (χ2v) is 6.24. The fourth-order valence-corrected chi connectivity index (χ4v) is 2.79. The van der Waals surface area contributed by atoms with E-state index in [-0.39, 0.29) is 11.8 Å². The Hall–Kier alpha value is -2.81. The Morgan fingerprint density at radius 2 is 2.07 bits per heavy atom. The number of halogens is 2. The summed E-state index contributed by atoms with van der Waals surface area (Å²) in [6.45, 7) is 0.215. The summed E-state index contributed by atoms with van der Waals surface area (Å²) in [4.78, 5) is 51.8. The summed E-state index contributed by atoms with van der Waals surface area (Å²) in [5, 5.41) is 11.6. The van der Waals surface area contributed by atoms with E-state index in [1.54, 1.807) is 19.1 Å². The van der Waals surface area contributed by atoms with Crippen molar-refractivity contribution in [1.29, 1.82) is 0 Å². The van der Waals surface area contributed by atoms with Crippen LogP contribution in [-0.4, -0.2) is 45.0 Å². The highest BCUT2D eigenvalue weighted by Gasteiger charge is 2.28. The maximum Gasteiger partial charge on any atom is 0.305 e. The van der Waals surface area contributed by atoms with Gasteiger partial charge in [-0.3, -0.25) is 23.7 Å². The van der Waals surface area contributed by atoms with Crippen molar-refractivity contribution in [1.82, 2.24) is 14.9 Å². The summed E-state index contributed by atoms with van der Waals surface area (Å²) in [5.41, 5.74) is -0.122. The largest absolute Gasteiger partial charge is 0.481 e. The molecule has 0 radical (unpaired) electrons. The molecule has 8 nitrogen and oxygen atoms in total. The van der Waals surface area contributed by atoms with Gasteiger partial charge in [-0.2, -0.15) is 0 Å². The van der Waals surface area contributed by atoms with Crippen molar-refractivity contribution in [3.63, 3.8) is 0 Å². The van der Waals surface area contributed by atoms with Crippen LogP contribution >= 0.6 is 11.6 Å². The van der Waals surface area contributed by atoms with Crippen molar-refractivity contribution in [3.05, 3.63) is 39.9 Å². The lowest BCUT2D eigenvalue weighted by Gasteiger charge is -2.21. The van der Waals surface area contributed by atoms with Crippen LogP contribution in [-0.2, 0) is 14.4 Å². The number of aliphatic carboxylic acids is 1. The molecule has 1 unspecified atom stereocenters. The molecule has 0 fully saturated rings. The number of nitrogens with zero attached hydrogens (tertiary/aromatic N) is 2. The van der Waals surface area contributed by atoms with Gasteiger partial charge in [0.25, 0.3) is 5.56 Å². The number of alkyl halides is 1. The molecule has 0 bridgehead atoms. The van der Waals surface area contributed by atoms with Gasteiger partial charge < -0.3 is 10.4 Å². The fourth-order valence-electron chi connectivity index (χ4n) is 2.62. The molecule has 10 heteroatoms. The van der Waals surface area contributed by atoms with Crippen LogP contribution in [0.2, 0.25) is 5.02 Å². The highest BCUT2D eigenvalue weighted by Crippen LogP contribution is 2.16. The number of carboxylic acids is 1. The summed E-state index contributed by atoms with van der Waals surface area (Å²) < 4.78 is 13.7. The van der Waals surface area contributed by atoms with E-state index in [4.69, 9.17) is 16.7 Å². The summed E-state index contributed by atoms with van der Waals surface area (Å²) in [7, 11) is 0. The number of nitrogens with one attached hydrogen (secondary N) is 1. The van der Waals surface area contributed by atoms with Crippen molar-refractivity contribution in [2.45, 2.75) is 31.8 Å². The molecule has 1 aromatic heterocycles. The zero-order valence-corrected chi connectivity index (χ0v) is 15.1. The van der Waals surface area contributed by atoms with Crippen molar-refractivity contribution in [3.8, 4) is 0 Å². The van der Waals surface area contributed by atoms with Crippen molar-refractivity contribution in [2.75, 3.05) is 6.67 Å². The standard InChI is InChI=1S/C17H17ClFN3O5/c1-2-13(16(26)21-12(6-15(24)25)14(23)7-19)22-8-20-11-4-3-9(18)5-10(11)17(22)27/h3-5,8,12-13H,2,6-7H2,1H3,(H,21,26)(H,24,25)/t12?,13-/m0/s1. The van der Waals surface area contributed by atoms with E-state index in [2.05, 4.69) is 10.3 Å². The van der Waals surface area contributed by atoms with E-state index in [0.29, 0.717) is 10.5 Å². The number of carbonyl (C=O) groups excluding carboxylic acids is 2. The molecule has 0 aliphatic rings. The van der Waals surface area contributed by atoms with Gasteiger partial charge in [-0.15, -0.1) is 0 Å². The molecule has 0 saturated carbocycles. The molecule has 1 aromatic carbocycles. The minimum atomic E-state index is -1.52. The van der Waals surface area contributed by atoms with Gasteiger partial charge in [-0.05, 0) is 24.6 Å². The maximum atomic E-state index is 12.7. The van der Waals surface area contributed by atoms with E-state index in [1.807, 2.05) is 0 Å². The number of hydrogen-bond donors (Lipinski definition) is 2. The number of aromatic nitrogens is 2. The van der Waals surface area contributed by atoms with Gasteiger partial charge in [0, 0.05) is 5.02 Å². The molecular weight excluding hydrogens is 381 g/mol. The molecule has 0 aliphatic carbocycles. The number of amides is 1. The molecule has 1 heterocycles. The lowest BCUT2D eigenvalue weighted by molar-refractivity contribution is -0.140. The van der Waals surface area contributed by atoms with Gasteiger partial charge in [-0.1, -0.05) is 18.5 Å². The van der Waals surface area contributed by atoms with Crippen LogP contribution in [0.25, 0.3) is 10.9 Å². The van der Waals surface area contributed by atoms with E-state index in [0.717, 1.165) is 4.57 Å². The molecule has 1 amide bonds. The predicted molar refractivity (Wildman–Crippen MR) is 95.5 cm³/mol. The van der Waals surface area contributed by atoms with E-state index in [1.165, 1.54) is 12.4 Å². The Morgan fingerprint density at radius 1 is 1.37 bits per heavy atom. The summed E-state index contributed by atoms with van der Waals surface area (Å²) >= 11 is 5.90. The zero-order valence-electron chi connectivity index (χ0n) is 14.3. The Balaban J connectivity index is 2.37. The quantitative estimate of drug-likeness (QED) is 0.696. The van der Waals surface area contributed by atoms with Gasteiger partial charge in [0.2, 0.25) is 5.91 Å². The van der Waals surface area contributed by atoms with E-state index in [9.17, 15) is 23.6 Å². The topological polar surface area (TPSA) is 118 Å². The van der Waals surface area contributed by atoms with Crippen LogP contribution in [0.4, 0.5) is 4.39 Å². The highest BCUT2D eigenvalue weighted by atomic mass is 35.5. The molecule has 0 spiro atoms. The van der Waals surface area contributed by atoms with Crippen LogP contribution in [0.1, 0.15) is 25.8 Å². The first-order chi connectivity index (χ1) is 12.8. The summed E-state index contributed by atoms with van der Waals surface area (Å²) in [5.74, 6) is -3.21. The lowest BCUT2D eigenvalue weighted by Crippen LogP contribution is -2.47. The number of fused-ring (bicyclic) bond motifs is 1. The first kappa shape index (κ1) is 20.5. The molecule has 2 rings (SSSR count). The predicted octanol–water partition coefficient (Wildman–Crippen LogP) is 1.50. The number of rotatable bonds is 8. The number of benzene rings is 1. The number of Topliss-reactive ketones (excluding diaryl/α,β-unsaturated/α-hetero) is 1. The number of hydrogen-bond acceptors (Lipinski definition) is 5. The van der Waals surface area contributed by atoms with Gasteiger partial charge in [0.05, 0.1) is 23.7 Å².